The van der Waals surface area contributed by atoms with Gasteiger partial charge in [0.25, 0.3) is 0 Å². The first-order chi connectivity index (χ1) is 26.4. The fourth-order valence-corrected chi connectivity index (χ4v) is 9.42. The summed E-state index contributed by atoms with van der Waals surface area (Å²) < 4.78 is 27.1. The molecule has 56 heavy (non-hydrogen) atoms. The molecular formula is C43H64N4O9. The number of ether oxygens (including phenoxy) is 4. The average molecular weight is 781 g/mol. The van der Waals surface area contributed by atoms with Gasteiger partial charge in [0, 0.05) is 55.0 Å². The molecule has 0 aromatic carbocycles. The molecule has 2 aromatic rings. The fraction of sp³-hybridized carbons (Fsp3) is 0.721. The lowest BCUT2D eigenvalue weighted by Gasteiger charge is -2.45. The lowest BCUT2D eigenvalue weighted by molar-refractivity contribution is -0.284. The van der Waals surface area contributed by atoms with E-state index in [9.17, 15) is 24.3 Å². The van der Waals surface area contributed by atoms with E-state index in [4.69, 9.17) is 18.9 Å². The highest BCUT2D eigenvalue weighted by molar-refractivity contribution is 6.00. The van der Waals surface area contributed by atoms with Gasteiger partial charge in [-0.2, -0.15) is 0 Å². The molecule has 5 heterocycles. The Kier molecular flexibility index (Phi) is 13.8. The van der Waals surface area contributed by atoms with E-state index in [2.05, 4.69) is 14.5 Å². The number of aryl methyl sites for hydroxylation is 1. The molecule has 0 saturated carbocycles. The number of carbonyl (C=O) groups is 4. The zero-order valence-electron chi connectivity index (χ0n) is 35.0. The third-order valence-electron chi connectivity index (χ3n) is 12.7. The Morgan fingerprint density at radius 3 is 2.41 bits per heavy atom. The van der Waals surface area contributed by atoms with E-state index in [-0.39, 0.29) is 30.0 Å². The van der Waals surface area contributed by atoms with Crippen molar-refractivity contribution in [2.24, 2.45) is 29.1 Å². The topological polar surface area (TPSA) is 159 Å². The van der Waals surface area contributed by atoms with Crippen LogP contribution in [0.3, 0.4) is 0 Å². The van der Waals surface area contributed by atoms with Gasteiger partial charge >= 0.3 is 12.1 Å². The zero-order chi connectivity index (χ0) is 41.1. The summed E-state index contributed by atoms with van der Waals surface area (Å²) in [7, 11) is 0. The summed E-state index contributed by atoms with van der Waals surface area (Å²) in [5.41, 5.74) is 0.767. The number of unbranched alkanes of at least 4 members (excludes halogenated alkanes) is 1. The van der Waals surface area contributed by atoms with E-state index in [0.717, 1.165) is 23.4 Å². The number of Topliss-reactive ketones (excluding diaryl/α,β-unsaturated/α-hetero) is 2. The number of nitrogens with zero attached hydrogens (tertiary/aromatic N) is 4. The SMILES string of the molecule is CC[C@H]1OC(=O)[C@H](C)C(=O)[C@H](C)[C@@H](OC2O[C@H](C)C[C@H](C)[C@H]2O)C(C)(C)C[C@@H](C)C(=O)C[C@H]2N(CCCCn3cnc(-c4cccnc4)c3C)C(=O)O[C@]12CC. The normalized spacial score (nSPS) is 34.4. The molecular weight excluding hydrogens is 716 g/mol. The van der Waals surface area contributed by atoms with Crippen LogP contribution in [0.25, 0.3) is 11.3 Å². The van der Waals surface area contributed by atoms with Crippen LogP contribution in [0.5, 0.6) is 0 Å². The van der Waals surface area contributed by atoms with Gasteiger partial charge in [-0.05, 0) is 82.8 Å². The van der Waals surface area contributed by atoms with Crippen LogP contribution in [0, 0.1) is 36.0 Å². The first kappa shape index (κ1) is 43.4. The third kappa shape index (κ3) is 8.89. The van der Waals surface area contributed by atoms with E-state index in [1.54, 1.807) is 24.2 Å². The van der Waals surface area contributed by atoms with Gasteiger partial charge in [-0.1, -0.05) is 48.5 Å². The molecule has 5 rings (SSSR count). The molecule has 13 heteroatoms. The van der Waals surface area contributed by atoms with E-state index in [1.807, 2.05) is 73.8 Å². The van der Waals surface area contributed by atoms with Crippen molar-refractivity contribution in [3.05, 3.63) is 36.5 Å². The molecule has 1 N–H and O–H groups in total. The number of fused-ring (bicyclic) bond motifs is 1. The first-order valence-electron chi connectivity index (χ1n) is 20.6. The summed E-state index contributed by atoms with van der Waals surface area (Å²) in [5.74, 6) is -3.69. The quantitative estimate of drug-likeness (QED) is 0.155. The average Bonchev–Trinajstić information content (AvgIpc) is 3.66. The number of ketones is 2. The molecule has 3 aliphatic rings. The Bertz CT molecular complexity index is 1700. The molecule has 0 spiro atoms. The van der Waals surface area contributed by atoms with Crippen LogP contribution in [-0.4, -0.2) is 97.1 Å². The number of amides is 1. The Hall–Kier alpha value is -3.68. The lowest BCUT2D eigenvalue weighted by atomic mass is 9.70. The summed E-state index contributed by atoms with van der Waals surface area (Å²) in [5, 5.41) is 11.1. The number of imidazole rings is 1. The summed E-state index contributed by atoms with van der Waals surface area (Å²) in [6.07, 6.45) is 4.04. The number of rotatable bonds is 10. The second-order valence-electron chi connectivity index (χ2n) is 17.3. The van der Waals surface area contributed by atoms with Crippen molar-refractivity contribution < 1.29 is 43.2 Å². The third-order valence-corrected chi connectivity index (χ3v) is 12.7. The van der Waals surface area contributed by atoms with E-state index < -0.39 is 71.5 Å². The largest absolute Gasteiger partial charge is 0.457 e. The van der Waals surface area contributed by atoms with Crippen LogP contribution in [-0.2, 0) is 39.9 Å². The van der Waals surface area contributed by atoms with Gasteiger partial charge in [-0.3, -0.25) is 19.4 Å². The highest BCUT2D eigenvalue weighted by Crippen LogP contribution is 2.44. The predicted molar refractivity (Wildman–Crippen MR) is 209 cm³/mol. The van der Waals surface area contributed by atoms with Crippen LogP contribution in [0.1, 0.15) is 113 Å². The molecule has 3 saturated heterocycles. The molecule has 1 amide bonds. The Morgan fingerprint density at radius 1 is 1.04 bits per heavy atom. The lowest BCUT2D eigenvalue weighted by Crippen LogP contribution is -2.56. The molecule has 13 nitrogen and oxygen atoms in total. The molecule has 0 aliphatic carbocycles. The minimum atomic E-state index is -1.29. The molecule has 2 aromatic heterocycles. The van der Waals surface area contributed by atoms with Crippen LogP contribution in [0.2, 0.25) is 0 Å². The van der Waals surface area contributed by atoms with Crippen molar-refractivity contribution in [1.29, 1.82) is 0 Å². The molecule has 1 unspecified atom stereocenters. The van der Waals surface area contributed by atoms with Gasteiger partial charge in [0.1, 0.15) is 23.9 Å². The van der Waals surface area contributed by atoms with Gasteiger partial charge in [0.05, 0.1) is 30.3 Å². The monoisotopic (exact) mass is 780 g/mol. The number of aliphatic hydroxyl groups excluding tert-OH is 1. The van der Waals surface area contributed by atoms with Crippen LogP contribution < -0.4 is 0 Å². The van der Waals surface area contributed by atoms with E-state index in [0.29, 0.717) is 45.2 Å². The highest BCUT2D eigenvalue weighted by atomic mass is 16.7. The molecule has 11 atom stereocenters. The minimum absolute atomic E-state index is 0.00895. The van der Waals surface area contributed by atoms with E-state index >= 15 is 0 Å². The van der Waals surface area contributed by atoms with Crippen molar-refractivity contribution in [2.45, 2.75) is 163 Å². The van der Waals surface area contributed by atoms with Crippen molar-refractivity contribution in [2.75, 3.05) is 6.54 Å². The van der Waals surface area contributed by atoms with Crippen LogP contribution in [0.4, 0.5) is 4.79 Å². The number of esters is 1. The highest BCUT2D eigenvalue weighted by Gasteiger charge is 2.59. The Morgan fingerprint density at radius 2 is 1.75 bits per heavy atom. The minimum Gasteiger partial charge on any atom is -0.457 e. The molecule has 0 radical (unpaired) electrons. The standard InChI is InChI=1S/C43H64N4O9/c1-11-34-43(12-2)33(47(41(52)56-43)19-14-13-18-46-24-45-35(30(46)8)31-16-15-17-44-23-31)21-32(48)26(4)22-42(9,10)38(28(6)37(50)29(7)39(51)54-34)55-40-36(49)25(3)20-27(5)53-40/h15-17,23-29,33-34,36,38,40,49H,11-14,18-22H2,1-10H3/t25-,26+,27+,28-,29+,33+,34+,36+,38+,40?,43-/m0/s1. The first-order valence-corrected chi connectivity index (χ1v) is 20.6. The van der Waals surface area contributed by atoms with Crippen molar-refractivity contribution in [3.8, 4) is 11.3 Å². The van der Waals surface area contributed by atoms with Gasteiger partial charge < -0.3 is 33.5 Å². The van der Waals surface area contributed by atoms with Crippen molar-refractivity contribution in [3.63, 3.8) is 0 Å². The number of pyridine rings is 1. The number of aromatic nitrogens is 3. The Balaban J connectivity index is 1.41. The van der Waals surface area contributed by atoms with Gasteiger partial charge in [-0.15, -0.1) is 0 Å². The molecule has 310 valence electrons. The maximum absolute atomic E-state index is 14.4. The fourth-order valence-electron chi connectivity index (χ4n) is 9.42. The molecule has 0 bridgehead atoms. The van der Waals surface area contributed by atoms with E-state index in [1.165, 1.54) is 6.92 Å². The number of hydrogen-bond acceptors (Lipinski definition) is 11. The predicted octanol–water partition coefficient (Wildman–Crippen LogP) is 6.71. The summed E-state index contributed by atoms with van der Waals surface area (Å²) in [6, 6.07) is 3.16. The molecule has 3 fully saturated rings. The number of hydrogen-bond donors (Lipinski definition) is 1. The van der Waals surface area contributed by atoms with Crippen LogP contribution >= 0.6 is 0 Å². The number of cyclic esters (lactones) is 1. The Labute approximate surface area is 332 Å². The second kappa shape index (κ2) is 17.9. The summed E-state index contributed by atoms with van der Waals surface area (Å²) >= 11 is 0. The van der Waals surface area contributed by atoms with Crippen LogP contribution in [0.15, 0.2) is 30.9 Å². The summed E-state index contributed by atoms with van der Waals surface area (Å²) in [6.45, 7) is 19.7. The van der Waals surface area contributed by atoms with Gasteiger partial charge in [0.2, 0.25) is 0 Å². The number of carbonyl (C=O) groups excluding carboxylic acids is 4. The number of aliphatic hydroxyl groups is 1. The smallest absolute Gasteiger partial charge is 0.410 e. The zero-order valence-corrected chi connectivity index (χ0v) is 35.0. The van der Waals surface area contributed by atoms with Gasteiger partial charge in [0.15, 0.2) is 17.7 Å². The second-order valence-corrected chi connectivity index (χ2v) is 17.3. The maximum Gasteiger partial charge on any atom is 0.410 e. The van der Waals surface area contributed by atoms with Crippen molar-refractivity contribution in [1.82, 2.24) is 19.4 Å². The maximum atomic E-state index is 14.4. The molecule has 3 aliphatic heterocycles. The summed E-state index contributed by atoms with van der Waals surface area (Å²) in [4.78, 5) is 66.8. The van der Waals surface area contributed by atoms with Gasteiger partial charge in [-0.25, -0.2) is 9.78 Å². The van der Waals surface area contributed by atoms with Crippen molar-refractivity contribution >= 4 is 23.6 Å².